The molecule has 7 nitrogen and oxygen atoms in total. The van der Waals surface area contributed by atoms with Crippen molar-refractivity contribution in [3.8, 4) is 11.5 Å². The van der Waals surface area contributed by atoms with Gasteiger partial charge in [-0.3, -0.25) is 4.79 Å². The number of halogens is 1. The molecule has 8 heteroatoms. The Balaban J connectivity index is 1.59. The minimum absolute atomic E-state index is 0.0717. The fourth-order valence-electron chi connectivity index (χ4n) is 3.57. The Labute approximate surface area is 191 Å². The van der Waals surface area contributed by atoms with Gasteiger partial charge in [0.2, 0.25) is 11.8 Å². The number of hydrogen-bond donors (Lipinski definition) is 0. The number of ether oxygens (including phenoxy) is 3. The van der Waals surface area contributed by atoms with Crippen molar-refractivity contribution in [3.05, 3.63) is 58.2 Å². The maximum atomic E-state index is 12.4. The first kappa shape index (κ1) is 21.9. The molecular formula is C24H23ClN2O5. The molecule has 0 radical (unpaired) electrons. The average Bonchev–Trinajstić information content (AvgIpc) is 3.35. The van der Waals surface area contributed by atoms with Crippen LogP contribution in [-0.4, -0.2) is 37.5 Å². The van der Waals surface area contributed by atoms with Gasteiger partial charge in [-0.2, -0.15) is 0 Å². The molecule has 4 rings (SSSR count). The van der Waals surface area contributed by atoms with E-state index in [0.717, 1.165) is 12.1 Å². The summed E-state index contributed by atoms with van der Waals surface area (Å²) in [5.74, 6) is 0.669. The summed E-state index contributed by atoms with van der Waals surface area (Å²) < 4.78 is 16.5. The summed E-state index contributed by atoms with van der Waals surface area (Å²) >= 11 is 6.37. The van der Waals surface area contributed by atoms with Crippen LogP contribution < -0.4 is 14.4 Å². The topological polar surface area (TPSA) is 77.4 Å². The number of esters is 1. The summed E-state index contributed by atoms with van der Waals surface area (Å²) in [4.78, 5) is 30.4. The molecule has 2 aliphatic rings. The van der Waals surface area contributed by atoms with Crippen LogP contribution in [0.5, 0.6) is 11.5 Å². The molecular weight excluding hydrogens is 432 g/mol. The lowest BCUT2D eigenvalue weighted by atomic mass is 10.1. The molecule has 2 heterocycles. The maximum absolute atomic E-state index is 12.4. The quantitative estimate of drug-likeness (QED) is 0.470. The number of cyclic esters (lactones) is 1. The van der Waals surface area contributed by atoms with Crippen LogP contribution in [0.2, 0.25) is 5.02 Å². The summed E-state index contributed by atoms with van der Waals surface area (Å²) in [6.45, 7) is 4.51. The number of nitrogens with zero attached hydrogens (tertiary/aromatic N) is 2. The number of hydrogen-bond acceptors (Lipinski definition) is 6. The van der Waals surface area contributed by atoms with Crippen LogP contribution in [0.25, 0.3) is 6.08 Å². The van der Waals surface area contributed by atoms with Crippen molar-refractivity contribution in [2.24, 2.45) is 4.99 Å². The molecule has 0 aliphatic carbocycles. The predicted octanol–water partition coefficient (Wildman–Crippen LogP) is 4.61. The minimum atomic E-state index is -0.559. The third-order valence-corrected chi connectivity index (χ3v) is 5.31. The molecule has 0 saturated carbocycles. The van der Waals surface area contributed by atoms with Gasteiger partial charge in [0.05, 0.1) is 18.2 Å². The Bertz CT molecular complexity index is 1120. The molecule has 1 saturated heterocycles. The van der Waals surface area contributed by atoms with E-state index in [-0.39, 0.29) is 23.6 Å². The first-order valence-corrected chi connectivity index (χ1v) is 10.7. The molecule has 1 fully saturated rings. The van der Waals surface area contributed by atoms with E-state index < -0.39 is 5.97 Å². The predicted molar refractivity (Wildman–Crippen MR) is 122 cm³/mol. The second-order valence-electron chi connectivity index (χ2n) is 7.73. The highest BCUT2D eigenvalue weighted by Crippen LogP contribution is 2.38. The molecule has 2 aromatic rings. The molecule has 0 N–H and O–H groups in total. The molecule has 0 bridgehead atoms. The summed E-state index contributed by atoms with van der Waals surface area (Å²) in [6.07, 6.45) is 2.94. The molecule has 2 aliphatic heterocycles. The summed E-state index contributed by atoms with van der Waals surface area (Å²) in [6, 6.07) is 10.6. The molecule has 0 unspecified atom stereocenters. The van der Waals surface area contributed by atoms with Gasteiger partial charge in [-0.1, -0.05) is 11.6 Å². The highest BCUT2D eigenvalue weighted by Gasteiger charge is 2.26. The summed E-state index contributed by atoms with van der Waals surface area (Å²) in [5, 5.41) is 0.368. The second-order valence-corrected chi connectivity index (χ2v) is 8.14. The first-order chi connectivity index (χ1) is 15.4. The van der Waals surface area contributed by atoms with E-state index in [2.05, 4.69) is 4.99 Å². The largest absolute Gasteiger partial charge is 0.493 e. The Morgan fingerprint density at radius 3 is 2.56 bits per heavy atom. The Morgan fingerprint density at radius 2 is 1.94 bits per heavy atom. The van der Waals surface area contributed by atoms with Crippen molar-refractivity contribution in [2.45, 2.75) is 32.8 Å². The van der Waals surface area contributed by atoms with Gasteiger partial charge in [0, 0.05) is 24.2 Å². The van der Waals surface area contributed by atoms with Gasteiger partial charge in [0.1, 0.15) is 0 Å². The minimum Gasteiger partial charge on any atom is -0.493 e. The number of rotatable bonds is 6. The zero-order chi connectivity index (χ0) is 22.8. The fourth-order valence-corrected chi connectivity index (χ4v) is 3.83. The van der Waals surface area contributed by atoms with Crippen molar-refractivity contribution in [1.29, 1.82) is 0 Å². The number of aliphatic imine (C=N–C) groups is 1. The van der Waals surface area contributed by atoms with Crippen LogP contribution in [0.4, 0.5) is 5.69 Å². The van der Waals surface area contributed by atoms with Crippen LogP contribution >= 0.6 is 11.6 Å². The lowest BCUT2D eigenvalue weighted by molar-refractivity contribution is -0.130. The van der Waals surface area contributed by atoms with Crippen LogP contribution in [0, 0.1) is 0 Å². The third-order valence-electron chi connectivity index (χ3n) is 5.03. The van der Waals surface area contributed by atoms with Crippen LogP contribution in [0.1, 0.15) is 37.8 Å². The molecule has 32 heavy (non-hydrogen) atoms. The Kier molecular flexibility index (Phi) is 6.19. The molecule has 1 amide bonds. The van der Waals surface area contributed by atoms with Crippen molar-refractivity contribution >= 4 is 41.1 Å². The van der Waals surface area contributed by atoms with E-state index in [4.69, 9.17) is 25.8 Å². The van der Waals surface area contributed by atoms with Gasteiger partial charge in [-0.25, -0.2) is 9.79 Å². The van der Waals surface area contributed by atoms with E-state index in [1.54, 1.807) is 35.2 Å². The lowest BCUT2D eigenvalue weighted by Gasteiger charge is -2.15. The van der Waals surface area contributed by atoms with Gasteiger partial charge >= 0.3 is 5.97 Å². The van der Waals surface area contributed by atoms with Crippen molar-refractivity contribution < 1.29 is 23.8 Å². The van der Waals surface area contributed by atoms with Gasteiger partial charge in [0.25, 0.3) is 0 Å². The molecule has 0 aromatic heterocycles. The second kappa shape index (κ2) is 9.04. The number of methoxy groups -OCH3 is 1. The zero-order valence-corrected chi connectivity index (χ0v) is 18.8. The lowest BCUT2D eigenvalue weighted by Crippen LogP contribution is -2.23. The molecule has 0 atom stereocenters. The molecule has 0 spiro atoms. The zero-order valence-electron chi connectivity index (χ0n) is 18.1. The summed E-state index contributed by atoms with van der Waals surface area (Å²) in [7, 11) is 1.52. The van der Waals surface area contributed by atoms with E-state index in [0.29, 0.717) is 40.6 Å². The van der Waals surface area contributed by atoms with Gasteiger partial charge in [-0.15, -0.1) is 0 Å². The van der Waals surface area contributed by atoms with Gasteiger partial charge in [-0.05, 0) is 68.3 Å². The maximum Gasteiger partial charge on any atom is 0.363 e. The number of anilines is 1. The van der Waals surface area contributed by atoms with Crippen molar-refractivity contribution in [2.75, 3.05) is 18.6 Å². The van der Waals surface area contributed by atoms with E-state index in [9.17, 15) is 9.59 Å². The number of benzene rings is 2. The van der Waals surface area contributed by atoms with Gasteiger partial charge in [0.15, 0.2) is 17.2 Å². The number of amides is 1. The fraction of sp³-hybridized carbons (Fsp3) is 0.292. The van der Waals surface area contributed by atoms with Crippen molar-refractivity contribution in [1.82, 2.24) is 0 Å². The smallest absolute Gasteiger partial charge is 0.363 e. The SMILES string of the molecule is COc1cc(/C=C2/N=C(c3ccc(N4CCCC4=O)cc3)OC2=O)cc(Cl)c1OC(C)C. The number of carbonyl (C=O) groups is 2. The third kappa shape index (κ3) is 4.48. The normalized spacial score (nSPS) is 17.2. The standard InChI is InChI=1S/C24H23ClN2O5/c1-14(2)31-22-18(25)11-15(13-20(22)30-3)12-19-24(29)32-23(26-19)16-6-8-17(9-7-16)27-10-4-5-21(27)28/h6-9,11-14H,4-5,10H2,1-3H3/b19-12+. The highest BCUT2D eigenvalue weighted by molar-refractivity contribution is 6.32. The monoisotopic (exact) mass is 454 g/mol. The summed E-state index contributed by atoms with van der Waals surface area (Å²) in [5.41, 5.74) is 2.24. The molecule has 166 valence electrons. The molecule has 2 aromatic carbocycles. The van der Waals surface area contributed by atoms with E-state index in [1.807, 2.05) is 26.0 Å². The van der Waals surface area contributed by atoms with E-state index in [1.165, 1.54) is 7.11 Å². The van der Waals surface area contributed by atoms with Crippen LogP contribution in [0.3, 0.4) is 0 Å². The van der Waals surface area contributed by atoms with Crippen LogP contribution in [0.15, 0.2) is 47.1 Å². The van der Waals surface area contributed by atoms with Gasteiger partial charge < -0.3 is 19.1 Å². The Morgan fingerprint density at radius 1 is 1.19 bits per heavy atom. The Hall–Kier alpha value is -3.32. The van der Waals surface area contributed by atoms with Crippen LogP contribution in [-0.2, 0) is 14.3 Å². The average molecular weight is 455 g/mol. The number of carbonyl (C=O) groups excluding carboxylic acids is 2. The first-order valence-electron chi connectivity index (χ1n) is 10.3. The van der Waals surface area contributed by atoms with E-state index >= 15 is 0 Å². The van der Waals surface area contributed by atoms with Crippen molar-refractivity contribution in [3.63, 3.8) is 0 Å². The highest BCUT2D eigenvalue weighted by atomic mass is 35.5.